The molecular weight excluding hydrogens is 396 g/mol. The first-order valence-corrected chi connectivity index (χ1v) is 8.09. The Morgan fingerprint density at radius 3 is 2.48 bits per heavy atom. The van der Waals surface area contributed by atoms with Gasteiger partial charge in [0.15, 0.2) is 0 Å². The van der Waals surface area contributed by atoms with E-state index < -0.39 is 5.91 Å². The van der Waals surface area contributed by atoms with Gasteiger partial charge in [0.05, 0.1) is 0 Å². The molecule has 2 rings (SSSR count). The number of nitrogens with one attached hydrogen (secondary N) is 1. The number of anilines is 1. The zero-order valence-electron chi connectivity index (χ0n) is 11.8. The zero-order chi connectivity index (χ0) is 15.6. The topological polar surface area (TPSA) is 55.1 Å². The number of halogens is 2. The van der Waals surface area contributed by atoms with Crippen LogP contribution < -0.4 is 11.1 Å². The fraction of sp³-hybridized carbons (Fsp3) is 0.188. The van der Waals surface area contributed by atoms with Crippen LogP contribution in [0.5, 0.6) is 0 Å². The molecule has 0 fully saturated rings. The number of carbonyl (C=O) groups excluding carboxylic acids is 1. The smallest absolute Gasteiger partial charge is 0.248 e. The summed E-state index contributed by atoms with van der Waals surface area (Å²) in [6.07, 6.45) is 0. The van der Waals surface area contributed by atoms with Gasteiger partial charge in [0.25, 0.3) is 0 Å². The second-order valence-corrected chi connectivity index (χ2v) is 6.70. The Labute approximate surface area is 141 Å². The third-order valence-electron chi connectivity index (χ3n) is 3.31. The molecular formula is C16H16Br2N2O. The summed E-state index contributed by atoms with van der Waals surface area (Å²) in [5.41, 5.74) is 8.96. The van der Waals surface area contributed by atoms with E-state index in [4.69, 9.17) is 5.73 Å². The molecule has 1 amide bonds. The largest absolute Gasteiger partial charge is 0.378 e. The number of amides is 1. The molecule has 21 heavy (non-hydrogen) atoms. The summed E-state index contributed by atoms with van der Waals surface area (Å²) in [5.74, 6) is -0.409. The molecule has 0 bridgehead atoms. The molecule has 110 valence electrons. The van der Waals surface area contributed by atoms with Crippen molar-refractivity contribution in [2.24, 2.45) is 5.73 Å². The van der Waals surface area contributed by atoms with Gasteiger partial charge < -0.3 is 11.1 Å². The monoisotopic (exact) mass is 410 g/mol. The predicted octanol–water partition coefficient (Wildman–Crippen LogP) is 4.79. The molecule has 2 aromatic rings. The summed E-state index contributed by atoms with van der Waals surface area (Å²) in [5, 5.41) is 3.46. The summed E-state index contributed by atoms with van der Waals surface area (Å²) in [7, 11) is 0. The van der Waals surface area contributed by atoms with Crippen molar-refractivity contribution in [1.82, 2.24) is 0 Å². The Balaban J connectivity index is 2.23. The molecule has 0 radical (unpaired) electrons. The summed E-state index contributed by atoms with van der Waals surface area (Å²) in [6, 6.07) is 11.7. The zero-order valence-corrected chi connectivity index (χ0v) is 15.0. The SMILES string of the molecule is Cc1cc(C(N)=O)ccc1NC(C)c1ccc(Br)cc1Br. The Bertz CT molecular complexity index is 686. The second kappa shape index (κ2) is 6.62. The van der Waals surface area contributed by atoms with Crippen LogP contribution in [0.3, 0.4) is 0 Å². The first-order valence-electron chi connectivity index (χ1n) is 6.50. The lowest BCUT2D eigenvalue weighted by molar-refractivity contribution is 0.1000. The van der Waals surface area contributed by atoms with E-state index in [0.29, 0.717) is 5.56 Å². The molecule has 0 aliphatic carbocycles. The lowest BCUT2D eigenvalue weighted by Gasteiger charge is -2.19. The van der Waals surface area contributed by atoms with E-state index in [-0.39, 0.29) is 6.04 Å². The average Bonchev–Trinajstić information content (AvgIpc) is 2.40. The maximum atomic E-state index is 11.2. The molecule has 0 aliphatic rings. The number of hydrogen-bond donors (Lipinski definition) is 2. The van der Waals surface area contributed by atoms with Crippen LogP contribution >= 0.6 is 31.9 Å². The molecule has 0 aliphatic heterocycles. The van der Waals surface area contributed by atoms with Crippen molar-refractivity contribution in [2.45, 2.75) is 19.9 Å². The van der Waals surface area contributed by atoms with Crippen molar-refractivity contribution in [3.63, 3.8) is 0 Å². The van der Waals surface area contributed by atoms with E-state index in [1.54, 1.807) is 12.1 Å². The molecule has 3 nitrogen and oxygen atoms in total. The average molecular weight is 412 g/mol. The van der Waals surface area contributed by atoms with Crippen LogP contribution in [0.1, 0.15) is 34.5 Å². The summed E-state index contributed by atoms with van der Waals surface area (Å²) in [4.78, 5) is 11.2. The lowest BCUT2D eigenvalue weighted by Crippen LogP contribution is -2.12. The van der Waals surface area contributed by atoms with Gasteiger partial charge in [0.2, 0.25) is 5.91 Å². The van der Waals surface area contributed by atoms with E-state index >= 15 is 0 Å². The number of aryl methyl sites for hydroxylation is 1. The Morgan fingerprint density at radius 1 is 1.19 bits per heavy atom. The van der Waals surface area contributed by atoms with Gasteiger partial charge in [-0.2, -0.15) is 0 Å². The standard InChI is InChI=1S/C16H16Br2N2O/c1-9-7-11(16(19)21)3-6-15(9)20-10(2)13-5-4-12(17)8-14(13)18/h3-8,10,20H,1-2H3,(H2,19,21). The van der Waals surface area contributed by atoms with E-state index in [1.807, 2.05) is 25.1 Å². The minimum absolute atomic E-state index is 0.130. The van der Waals surface area contributed by atoms with Crippen LogP contribution in [-0.4, -0.2) is 5.91 Å². The lowest BCUT2D eigenvalue weighted by atomic mass is 10.1. The van der Waals surface area contributed by atoms with Crippen LogP contribution in [0.25, 0.3) is 0 Å². The van der Waals surface area contributed by atoms with Crippen LogP contribution in [0, 0.1) is 6.92 Å². The van der Waals surface area contributed by atoms with Gasteiger partial charge in [-0.3, -0.25) is 4.79 Å². The van der Waals surface area contributed by atoms with E-state index in [0.717, 1.165) is 25.8 Å². The van der Waals surface area contributed by atoms with Crippen LogP contribution in [-0.2, 0) is 0 Å². The van der Waals surface area contributed by atoms with Crippen molar-refractivity contribution in [3.8, 4) is 0 Å². The normalized spacial score (nSPS) is 12.0. The van der Waals surface area contributed by atoms with Gasteiger partial charge >= 0.3 is 0 Å². The molecule has 5 heteroatoms. The maximum absolute atomic E-state index is 11.2. The molecule has 0 heterocycles. The van der Waals surface area contributed by atoms with Crippen molar-refractivity contribution in [3.05, 3.63) is 62.0 Å². The number of primary amides is 1. The molecule has 1 atom stereocenters. The Hall–Kier alpha value is -1.33. The van der Waals surface area contributed by atoms with Gasteiger partial charge in [0, 0.05) is 26.2 Å². The molecule has 1 unspecified atom stereocenters. The number of rotatable bonds is 4. The minimum atomic E-state index is -0.409. The fourth-order valence-electron chi connectivity index (χ4n) is 2.14. The van der Waals surface area contributed by atoms with Gasteiger partial charge in [-0.05, 0) is 55.3 Å². The third-order valence-corrected chi connectivity index (χ3v) is 4.49. The Kier molecular flexibility index (Phi) is 5.06. The number of nitrogens with two attached hydrogens (primary N) is 1. The van der Waals surface area contributed by atoms with Gasteiger partial charge in [0.1, 0.15) is 0 Å². The van der Waals surface area contributed by atoms with Gasteiger partial charge in [-0.15, -0.1) is 0 Å². The fourth-order valence-corrected chi connectivity index (χ4v) is 3.53. The van der Waals surface area contributed by atoms with Crippen LogP contribution in [0.2, 0.25) is 0 Å². The Morgan fingerprint density at radius 2 is 1.90 bits per heavy atom. The second-order valence-electron chi connectivity index (χ2n) is 4.93. The summed E-state index contributed by atoms with van der Waals surface area (Å²) < 4.78 is 2.08. The summed E-state index contributed by atoms with van der Waals surface area (Å²) in [6.45, 7) is 4.05. The first kappa shape index (κ1) is 16.0. The van der Waals surface area contributed by atoms with Crippen LogP contribution in [0.4, 0.5) is 5.69 Å². The minimum Gasteiger partial charge on any atom is -0.378 e. The highest BCUT2D eigenvalue weighted by atomic mass is 79.9. The van der Waals surface area contributed by atoms with E-state index in [9.17, 15) is 4.79 Å². The molecule has 0 saturated carbocycles. The number of carbonyl (C=O) groups is 1. The molecule has 0 spiro atoms. The highest BCUT2D eigenvalue weighted by molar-refractivity contribution is 9.11. The van der Waals surface area contributed by atoms with Crippen molar-refractivity contribution >= 4 is 43.5 Å². The van der Waals surface area contributed by atoms with Crippen molar-refractivity contribution < 1.29 is 4.79 Å². The first-order chi connectivity index (χ1) is 9.88. The van der Waals surface area contributed by atoms with Crippen LogP contribution in [0.15, 0.2) is 45.3 Å². The van der Waals surface area contributed by atoms with Gasteiger partial charge in [-0.1, -0.05) is 37.9 Å². The van der Waals surface area contributed by atoms with Crippen molar-refractivity contribution in [1.29, 1.82) is 0 Å². The molecule has 3 N–H and O–H groups in total. The third kappa shape index (κ3) is 3.86. The molecule has 0 aromatic heterocycles. The molecule has 2 aromatic carbocycles. The number of benzene rings is 2. The maximum Gasteiger partial charge on any atom is 0.248 e. The van der Waals surface area contributed by atoms with E-state index in [1.165, 1.54) is 0 Å². The van der Waals surface area contributed by atoms with Crippen molar-refractivity contribution in [2.75, 3.05) is 5.32 Å². The predicted molar refractivity (Wildman–Crippen MR) is 93.6 cm³/mol. The highest BCUT2D eigenvalue weighted by Gasteiger charge is 2.11. The molecule has 0 saturated heterocycles. The van der Waals surface area contributed by atoms with Gasteiger partial charge in [-0.25, -0.2) is 0 Å². The number of hydrogen-bond acceptors (Lipinski definition) is 2. The van der Waals surface area contributed by atoms with E-state index in [2.05, 4.69) is 50.2 Å². The highest BCUT2D eigenvalue weighted by Crippen LogP contribution is 2.30. The summed E-state index contributed by atoms with van der Waals surface area (Å²) >= 11 is 7.03. The quantitative estimate of drug-likeness (QED) is 0.759.